The van der Waals surface area contributed by atoms with Crippen molar-refractivity contribution in [3.05, 3.63) is 71.9 Å². The number of rotatable bonds is 5. The van der Waals surface area contributed by atoms with Crippen molar-refractivity contribution in [3.8, 4) is 0 Å². The molecule has 2 aromatic carbocycles. The highest BCUT2D eigenvalue weighted by Crippen LogP contribution is 2.27. The van der Waals surface area contributed by atoms with Crippen LogP contribution in [-0.2, 0) is 16.8 Å². The third kappa shape index (κ3) is 6.83. The molecule has 27 heavy (non-hydrogen) atoms. The van der Waals surface area contributed by atoms with Crippen LogP contribution in [0.5, 0.6) is 0 Å². The molecule has 0 spiro atoms. The van der Waals surface area contributed by atoms with E-state index in [0.717, 1.165) is 13.0 Å². The summed E-state index contributed by atoms with van der Waals surface area (Å²) in [7, 11) is -4.92. The SMILES string of the molecule is N/C(CC[NH+]1C=C(Cc2ccccc2)c2ccccc21)=N\O.O=S(=O)([O-])O. The lowest BCUT2D eigenvalue weighted by molar-refractivity contribution is -0.771. The van der Waals surface area contributed by atoms with Crippen LogP contribution in [-0.4, -0.2) is 35.1 Å². The van der Waals surface area contributed by atoms with Crippen molar-refractivity contribution in [1.29, 1.82) is 0 Å². The molecule has 0 amide bonds. The fourth-order valence-electron chi connectivity index (χ4n) is 2.89. The molecule has 0 aromatic heterocycles. The van der Waals surface area contributed by atoms with Gasteiger partial charge in [-0.2, -0.15) is 0 Å². The quantitative estimate of drug-likeness (QED) is 0.149. The van der Waals surface area contributed by atoms with Gasteiger partial charge in [-0.25, -0.2) is 8.42 Å². The first-order chi connectivity index (χ1) is 12.8. The molecule has 5 N–H and O–H groups in total. The Hall–Kier alpha value is -2.72. The number of benzene rings is 2. The average Bonchev–Trinajstić information content (AvgIpc) is 2.97. The first-order valence-corrected chi connectivity index (χ1v) is 9.49. The van der Waals surface area contributed by atoms with Gasteiger partial charge in [-0.3, -0.25) is 9.45 Å². The second-order valence-electron chi connectivity index (χ2n) is 5.92. The molecule has 8 nitrogen and oxygen atoms in total. The van der Waals surface area contributed by atoms with E-state index in [2.05, 4.69) is 59.9 Å². The predicted molar refractivity (Wildman–Crippen MR) is 100 cm³/mol. The third-order valence-electron chi connectivity index (χ3n) is 3.98. The minimum atomic E-state index is -4.92. The summed E-state index contributed by atoms with van der Waals surface area (Å²) in [5.41, 5.74) is 10.8. The second-order valence-corrected chi connectivity index (χ2v) is 6.78. The Kier molecular flexibility index (Phi) is 7.08. The zero-order chi connectivity index (χ0) is 19.9. The maximum absolute atomic E-state index is 8.69. The van der Waals surface area contributed by atoms with E-state index in [0.29, 0.717) is 6.42 Å². The van der Waals surface area contributed by atoms with Crippen LogP contribution in [0.15, 0.2) is 66.0 Å². The van der Waals surface area contributed by atoms with E-state index in [1.165, 1.54) is 27.3 Å². The van der Waals surface area contributed by atoms with E-state index >= 15 is 0 Å². The van der Waals surface area contributed by atoms with E-state index in [-0.39, 0.29) is 5.84 Å². The summed E-state index contributed by atoms with van der Waals surface area (Å²) in [6.45, 7) is 0.783. The van der Waals surface area contributed by atoms with Gasteiger partial charge < -0.3 is 15.5 Å². The number of para-hydroxylation sites is 1. The highest BCUT2D eigenvalue weighted by atomic mass is 32.3. The van der Waals surface area contributed by atoms with Crippen LogP contribution in [0, 0.1) is 0 Å². The van der Waals surface area contributed by atoms with E-state index < -0.39 is 10.4 Å². The van der Waals surface area contributed by atoms with Crippen molar-refractivity contribution in [2.45, 2.75) is 12.8 Å². The minimum absolute atomic E-state index is 0.273. The fourth-order valence-corrected chi connectivity index (χ4v) is 2.89. The zero-order valence-electron chi connectivity index (χ0n) is 14.4. The van der Waals surface area contributed by atoms with Gasteiger partial charge in [-0.05, 0) is 11.6 Å². The molecule has 0 radical (unpaired) electrons. The Labute approximate surface area is 157 Å². The lowest BCUT2D eigenvalue weighted by Crippen LogP contribution is -3.01. The normalized spacial score (nSPS) is 16.1. The zero-order valence-corrected chi connectivity index (χ0v) is 15.3. The lowest BCUT2D eigenvalue weighted by atomic mass is 10.00. The van der Waals surface area contributed by atoms with E-state index in [9.17, 15) is 0 Å². The van der Waals surface area contributed by atoms with Gasteiger partial charge >= 0.3 is 0 Å². The molecule has 3 rings (SSSR count). The highest BCUT2D eigenvalue weighted by molar-refractivity contribution is 7.79. The van der Waals surface area contributed by atoms with Gasteiger partial charge in [0.1, 0.15) is 17.7 Å². The van der Waals surface area contributed by atoms with Crippen molar-refractivity contribution < 1.29 is 27.6 Å². The Balaban J connectivity index is 0.000000465. The van der Waals surface area contributed by atoms with Gasteiger partial charge in [0.25, 0.3) is 0 Å². The van der Waals surface area contributed by atoms with Crippen molar-refractivity contribution in [3.63, 3.8) is 0 Å². The molecule has 0 aliphatic carbocycles. The van der Waals surface area contributed by atoms with Crippen molar-refractivity contribution in [1.82, 2.24) is 0 Å². The molecule has 1 heterocycles. The second kappa shape index (κ2) is 9.28. The van der Waals surface area contributed by atoms with Gasteiger partial charge in [0.2, 0.25) is 10.4 Å². The Morgan fingerprint density at radius 3 is 2.33 bits per heavy atom. The first kappa shape index (κ1) is 20.6. The number of amidine groups is 1. The van der Waals surface area contributed by atoms with E-state index in [1.807, 2.05) is 6.07 Å². The highest BCUT2D eigenvalue weighted by Gasteiger charge is 2.25. The molecule has 144 valence electrons. The monoisotopic (exact) mass is 391 g/mol. The molecule has 0 fully saturated rings. The van der Waals surface area contributed by atoms with Crippen molar-refractivity contribution >= 4 is 27.5 Å². The number of quaternary nitrogens is 1. The van der Waals surface area contributed by atoms with Crippen molar-refractivity contribution in [2.75, 3.05) is 6.54 Å². The van der Waals surface area contributed by atoms with Crippen LogP contribution in [0.25, 0.3) is 5.57 Å². The number of fused-ring (bicyclic) bond motifs is 1. The molecule has 0 bridgehead atoms. The minimum Gasteiger partial charge on any atom is -0.726 e. The molecule has 1 aliphatic heterocycles. The number of allylic oxidation sites excluding steroid dienone is 1. The third-order valence-corrected chi connectivity index (χ3v) is 3.98. The first-order valence-electron chi connectivity index (χ1n) is 8.12. The topological polar surface area (TPSA) is 140 Å². The molecule has 0 saturated carbocycles. The van der Waals surface area contributed by atoms with Gasteiger partial charge in [-0.1, -0.05) is 47.6 Å². The van der Waals surface area contributed by atoms with Gasteiger partial charge in [0.15, 0.2) is 0 Å². The maximum atomic E-state index is 8.69. The molecule has 9 heteroatoms. The average molecular weight is 391 g/mol. The van der Waals surface area contributed by atoms with Gasteiger partial charge in [0.05, 0.1) is 13.0 Å². The maximum Gasteiger partial charge on any atom is 0.215 e. The largest absolute Gasteiger partial charge is 0.726 e. The number of nitrogens with two attached hydrogens (primary N) is 1. The van der Waals surface area contributed by atoms with Crippen LogP contribution in [0.1, 0.15) is 17.5 Å². The Bertz CT molecular complexity index is 919. The summed E-state index contributed by atoms with van der Waals surface area (Å²) in [5.74, 6) is 0.273. The molecular formula is C18H21N3O5S. The summed E-state index contributed by atoms with van der Waals surface area (Å²) in [5, 5.41) is 11.7. The number of nitrogens with one attached hydrogen (secondary N) is 1. The number of nitrogens with zero attached hydrogens (tertiary/aromatic N) is 1. The molecule has 2 aromatic rings. The number of oxime groups is 1. The molecule has 0 saturated heterocycles. The Morgan fingerprint density at radius 2 is 1.70 bits per heavy atom. The summed E-state index contributed by atoms with van der Waals surface area (Å²) in [6, 6.07) is 18.9. The van der Waals surface area contributed by atoms with Gasteiger partial charge in [0, 0.05) is 23.6 Å². The summed E-state index contributed by atoms with van der Waals surface area (Å²) in [6.07, 6.45) is 3.74. The summed E-state index contributed by atoms with van der Waals surface area (Å²) in [4.78, 5) is 1.26. The molecule has 1 unspecified atom stereocenters. The lowest BCUT2D eigenvalue weighted by Gasteiger charge is -2.10. The smallest absolute Gasteiger partial charge is 0.215 e. The molecule has 1 aliphatic rings. The van der Waals surface area contributed by atoms with Crippen LogP contribution in [0.2, 0.25) is 0 Å². The molecular weight excluding hydrogens is 370 g/mol. The van der Waals surface area contributed by atoms with E-state index in [4.69, 9.17) is 28.5 Å². The van der Waals surface area contributed by atoms with Crippen LogP contribution < -0.4 is 10.6 Å². The van der Waals surface area contributed by atoms with Crippen molar-refractivity contribution in [2.24, 2.45) is 10.9 Å². The predicted octanol–water partition coefficient (Wildman–Crippen LogP) is 0.941. The summed E-state index contributed by atoms with van der Waals surface area (Å²) >= 11 is 0. The number of hydrogen-bond donors (Lipinski definition) is 4. The standard InChI is InChI=1S/C18H19N3O.H2O4S/c19-18(20-22)10-11-21-13-15(12-14-6-2-1-3-7-14)16-8-4-5-9-17(16)21;1-5(2,3)4/h1-9,13,22H,10-12H2,(H2,19,20);(H2,1,2,3,4). The fraction of sp³-hybridized carbons (Fsp3) is 0.167. The molecule has 1 atom stereocenters. The number of hydrogen-bond acceptors (Lipinski definition) is 5. The van der Waals surface area contributed by atoms with E-state index in [1.54, 1.807) is 0 Å². The summed E-state index contributed by atoms with van der Waals surface area (Å²) < 4.78 is 32.8. The van der Waals surface area contributed by atoms with Crippen LogP contribution in [0.3, 0.4) is 0 Å². The van der Waals surface area contributed by atoms with Crippen LogP contribution in [0.4, 0.5) is 5.69 Å². The van der Waals surface area contributed by atoms with Crippen LogP contribution >= 0.6 is 0 Å². The van der Waals surface area contributed by atoms with Gasteiger partial charge in [-0.15, -0.1) is 0 Å². The Morgan fingerprint density at radius 1 is 1.11 bits per heavy atom.